The first-order valence-electron chi connectivity index (χ1n) is 22.5. The van der Waals surface area contributed by atoms with E-state index in [4.69, 9.17) is 9.97 Å². The molecule has 10 aromatic carbocycles. The van der Waals surface area contributed by atoms with Crippen LogP contribution in [0.1, 0.15) is 0 Å². The number of hydrogen-bond donors (Lipinski definition) is 0. The zero-order valence-corrected chi connectivity index (χ0v) is 35.9. The van der Waals surface area contributed by atoms with Gasteiger partial charge in [-0.2, -0.15) is 0 Å². The van der Waals surface area contributed by atoms with Gasteiger partial charge in [-0.15, -0.1) is 0 Å². The van der Waals surface area contributed by atoms with Crippen LogP contribution >= 0.6 is 0 Å². The lowest BCUT2D eigenvalue weighted by atomic mass is 9.98. The third-order valence-electron chi connectivity index (χ3n) is 13.1. The fourth-order valence-electron chi connectivity index (χ4n) is 9.99. The molecule has 0 atom stereocenters. The van der Waals surface area contributed by atoms with E-state index in [1.165, 1.54) is 44.1 Å². The Morgan fingerprint density at radius 1 is 0.242 bits per heavy atom. The van der Waals surface area contributed by atoms with Gasteiger partial charge in [-0.25, -0.2) is 9.97 Å². The highest BCUT2D eigenvalue weighted by molar-refractivity contribution is 6.12. The summed E-state index contributed by atoms with van der Waals surface area (Å²) in [5, 5.41) is 5.77. The molecule has 0 aliphatic rings. The summed E-state index contributed by atoms with van der Waals surface area (Å²) >= 11 is 0. The predicted molar refractivity (Wildman–Crippen MR) is 275 cm³/mol. The Hall–Kier alpha value is -8.86. The molecule has 0 radical (unpaired) electrons. The molecule has 0 saturated heterocycles. The molecule has 3 aromatic heterocycles. The molecule has 66 heavy (non-hydrogen) atoms. The van der Waals surface area contributed by atoms with Gasteiger partial charge in [0.1, 0.15) is 0 Å². The van der Waals surface area contributed by atoms with Crippen LogP contribution in [0.3, 0.4) is 0 Å². The minimum absolute atomic E-state index is 0.645. The molecule has 0 aliphatic carbocycles. The zero-order chi connectivity index (χ0) is 43.6. The number of para-hydroxylation sites is 3. The normalized spacial score (nSPS) is 11.6. The van der Waals surface area contributed by atoms with Crippen molar-refractivity contribution in [3.05, 3.63) is 243 Å². The van der Waals surface area contributed by atoms with Crippen molar-refractivity contribution >= 4 is 54.5 Å². The van der Waals surface area contributed by atoms with Crippen molar-refractivity contribution in [3.63, 3.8) is 0 Å². The topological polar surface area (TPSA) is 35.6 Å². The van der Waals surface area contributed by atoms with E-state index in [2.05, 4.69) is 252 Å². The third-order valence-corrected chi connectivity index (χ3v) is 13.1. The quantitative estimate of drug-likeness (QED) is 0.160. The van der Waals surface area contributed by atoms with E-state index in [-0.39, 0.29) is 0 Å². The fourth-order valence-corrected chi connectivity index (χ4v) is 9.99. The molecular weight excluding hydrogens is 801 g/mol. The number of aromatic nitrogens is 4. The van der Waals surface area contributed by atoms with Crippen LogP contribution in [0, 0.1) is 0 Å². The molecule has 0 saturated carbocycles. The Morgan fingerprint density at radius 3 is 1.41 bits per heavy atom. The maximum atomic E-state index is 5.42. The molecular formula is C62H40N4. The third kappa shape index (κ3) is 6.30. The van der Waals surface area contributed by atoms with Crippen LogP contribution in [0.2, 0.25) is 0 Å². The van der Waals surface area contributed by atoms with Crippen LogP contribution in [-0.4, -0.2) is 19.1 Å². The molecule has 0 aliphatic heterocycles. The van der Waals surface area contributed by atoms with Crippen molar-refractivity contribution in [2.24, 2.45) is 0 Å². The Kier molecular flexibility index (Phi) is 8.81. The molecule has 3 heterocycles. The van der Waals surface area contributed by atoms with Crippen LogP contribution in [0.15, 0.2) is 243 Å². The van der Waals surface area contributed by atoms with E-state index in [1.807, 2.05) is 0 Å². The summed E-state index contributed by atoms with van der Waals surface area (Å²) < 4.78 is 4.68. The van der Waals surface area contributed by atoms with E-state index in [0.717, 1.165) is 71.9 Å². The van der Waals surface area contributed by atoms with E-state index in [9.17, 15) is 0 Å². The van der Waals surface area contributed by atoms with Gasteiger partial charge in [0.2, 0.25) is 5.95 Å². The van der Waals surface area contributed by atoms with E-state index in [1.54, 1.807) is 0 Å². The van der Waals surface area contributed by atoms with E-state index < -0.39 is 0 Å². The van der Waals surface area contributed by atoms with Crippen molar-refractivity contribution in [1.82, 2.24) is 19.1 Å². The summed E-state index contributed by atoms with van der Waals surface area (Å²) in [4.78, 5) is 10.7. The molecule has 0 amide bonds. The van der Waals surface area contributed by atoms with Gasteiger partial charge in [-0.3, -0.25) is 4.57 Å². The first-order chi connectivity index (χ1) is 32.7. The van der Waals surface area contributed by atoms with Crippen LogP contribution in [-0.2, 0) is 0 Å². The maximum Gasteiger partial charge on any atom is 0.235 e. The number of benzene rings is 10. The first kappa shape index (κ1) is 37.7. The SMILES string of the molecule is c1ccc(-c2cccc(-c3nc(-n4c5ccccc5c5cc(-c6ccc7c8ccccc8n(-c8cc(-c9ccccc9)cc(-c9ccccc9)c8)c7c6)ccc54)nc4ccccc34)c2)cc1. The van der Waals surface area contributed by atoms with Crippen molar-refractivity contribution < 1.29 is 0 Å². The van der Waals surface area contributed by atoms with Gasteiger partial charge in [0.15, 0.2) is 0 Å². The number of rotatable bonds is 7. The standard InChI is InChI=1S/C62H40N4/c1-4-17-41(18-5-1)44-23-16-24-47(35-44)61-54-27-10-13-28-56(54)63-62(64-61)66-58-30-15-12-26-52(58)55-39-45(32-34-59(55)66)46-31-33-53-51-25-11-14-29-57(51)65(60(53)40-46)50-37-48(42-19-6-2-7-20-42)36-49(38-50)43-21-8-3-9-22-43/h1-40H. The highest BCUT2D eigenvalue weighted by atomic mass is 15.2. The second-order valence-electron chi connectivity index (χ2n) is 17.0. The van der Waals surface area contributed by atoms with Gasteiger partial charge in [0.25, 0.3) is 0 Å². The average molecular weight is 841 g/mol. The second kappa shape index (κ2) is 15.4. The summed E-state index contributed by atoms with van der Waals surface area (Å²) in [5.74, 6) is 0.645. The van der Waals surface area contributed by atoms with Crippen molar-refractivity contribution in [3.8, 4) is 67.4 Å². The van der Waals surface area contributed by atoms with Gasteiger partial charge in [0, 0.05) is 38.2 Å². The molecule has 4 nitrogen and oxygen atoms in total. The Morgan fingerprint density at radius 2 is 0.712 bits per heavy atom. The van der Waals surface area contributed by atoms with Gasteiger partial charge >= 0.3 is 0 Å². The lowest BCUT2D eigenvalue weighted by Gasteiger charge is -2.14. The Bertz CT molecular complexity index is 3920. The lowest BCUT2D eigenvalue weighted by Crippen LogP contribution is -2.03. The van der Waals surface area contributed by atoms with Gasteiger partial charge in [-0.1, -0.05) is 182 Å². The molecule has 13 rings (SSSR count). The van der Waals surface area contributed by atoms with Crippen molar-refractivity contribution in [2.75, 3.05) is 0 Å². The highest BCUT2D eigenvalue weighted by Gasteiger charge is 2.20. The zero-order valence-electron chi connectivity index (χ0n) is 35.9. The summed E-state index contributed by atoms with van der Waals surface area (Å²) in [6.45, 7) is 0. The van der Waals surface area contributed by atoms with Crippen LogP contribution in [0.5, 0.6) is 0 Å². The lowest BCUT2D eigenvalue weighted by molar-refractivity contribution is 1.01. The molecule has 0 bridgehead atoms. The Balaban J connectivity index is 0.983. The minimum Gasteiger partial charge on any atom is -0.309 e. The molecule has 0 fully saturated rings. The summed E-state index contributed by atoms with van der Waals surface area (Å²) in [5.41, 5.74) is 17.8. The maximum absolute atomic E-state index is 5.42. The first-order valence-corrected chi connectivity index (χ1v) is 22.5. The van der Waals surface area contributed by atoms with Crippen LogP contribution < -0.4 is 0 Å². The molecule has 4 heteroatoms. The average Bonchev–Trinajstić information content (AvgIpc) is 3.91. The number of hydrogen-bond acceptors (Lipinski definition) is 2. The second-order valence-corrected chi connectivity index (χ2v) is 17.0. The largest absolute Gasteiger partial charge is 0.309 e. The van der Waals surface area contributed by atoms with Gasteiger partial charge in [0.05, 0.1) is 33.3 Å². The Labute approximate surface area is 382 Å². The molecule has 13 aromatic rings. The van der Waals surface area contributed by atoms with Crippen molar-refractivity contribution in [2.45, 2.75) is 0 Å². The van der Waals surface area contributed by atoms with Gasteiger partial charge in [-0.05, 0) is 105 Å². The summed E-state index contributed by atoms with van der Waals surface area (Å²) in [6.07, 6.45) is 0. The summed E-state index contributed by atoms with van der Waals surface area (Å²) in [6, 6.07) is 87.1. The fraction of sp³-hybridized carbons (Fsp3) is 0. The number of nitrogens with zero attached hydrogens (tertiary/aromatic N) is 4. The molecule has 0 N–H and O–H groups in total. The summed E-state index contributed by atoms with van der Waals surface area (Å²) in [7, 11) is 0. The molecule has 0 spiro atoms. The molecule has 0 unspecified atom stereocenters. The molecule has 308 valence electrons. The predicted octanol–water partition coefficient (Wildman–Crippen LogP) is 16.2. The monoisotopic (exact) mass is 840 g/mol. The minimum atomic E-state index is 0.645. The smallest absolute Gasteiger partial charge is 0.235 e. The van der Waals surface area contributed by atoms with Crippen molar-refractivity contribution in [1.29, 1.82) is 0 Å². The van der Waals surface area contributed by atoms with E-state index >= 15 is 0 Å². The van der Waals surface area contributed by atoms with E-state index in [0.29, 0.717) is 5.95 Å². The highest BCUT2D eigenvalue weighted by Crippen LogP contribution is 2.40. The number of fused-ring (bicyclic) bond motifs is 7. The van der Waals surface area contributed by atoms with Crippen LogP contribution in [0.4, 0.5) is 0 Å². The van der Waals surface area contributed by atoms with Crippen LogP contribution in [0.25, 0.3) is 122 Å². The van der Waals surface area contributed by atoms with Gasteiger partial charge < -0.3 is 4.57 Å².